The maximum Gasteiger partial charge on any atom is 0.216 e. The highest BCUT2D eigenvalue weighted by molar-refractivity contribution is 8.18. The fourth-order valence-corrected chi connectivity index (χ4v) is 1.82. The summed E-state index contributed by atoms with van der Waals surface area (Å²) in [7, 11) is 0. The molecular weight excluding hydrogens is 180 g/mol. The summed E-state index contributed by atoms with van der Waals surface area (Å²) in [5.74, 6) is 0. The molecule has 1 aromatic carbocycles. The van der Waals surface area contributed by atoms with E-state index in [4.69, 9.17) is 0 Å². The van der Waals surface area contributed by atoms with E-state index in [0.29, 0.717) is 0 Å². The molecule has 0 N–H and O–H groups in total. The second-order valence-corrected chi connectivity index (χ2v) is 3.79. The molecule has 0 saturated carbocycles. The standard InChI is InChI=1S/C11H8OS/c12-11-7-6-10(13-11)8-9-4-2-1-3-5-9/h1-8H/b10-8-. The van der Waals surface area contributed by atoms with Crippen LogP contribution in [-0.2, 0) is 4.79 Å². The van der Waals surface area contributed by atoms with Crippen LogP contribution in [0.4, 0.5) is 0 Å². The van der Waals surface area contributed by atoms with E-state index in [9.17, 15) is 4.79 Å². The number of allylic oxidation sites excluding steroid dienone is 1. The van der Waals surface area contributed by atoms with Crippen molar-refractivity contribution < 1.29 is 4.79 Å². The van der Waals surface area contributed by atoms with E-state index in [1.54, 1.807) is 6.08 Å². The first-order valence-corrected chi connectivity index (χ1v) is 4.83. The molecule has 1 heterocycles. The zero-order valence-corrected chi connectivity index (χ0v) is 7.75. The topological polar surface area (TPSA) is 17.1 Å². The van der Waals surface area contributed by atoms with Crippen LogP contribution in [0, 0.1) is 0 Å². The van der Waals surface area contributed by atoms with Crippen LogP contribution >= 0.6 is 11.8 Å². The fraction of sp³-hybridized carbons (Fsp3) is 0. The molecule has 2 heteroatoms. The van der Waals surface area contributed by atoms with Gasteiger partial charge in [0.15, 0.2) is 0 Å². The van der Waals surface area contributed by atoms with Crippen molar-refractivity contribution in [2.75, 3.05) is 0 Å². The molecule has 0 aliphatic carbocycles. The number of rotatable bonds is 1. The van der Waals surface area contributed by atoms with Gasteiger partial charge in [-0.25, -0.2) is 0 Å². The zero-order valence-electron chi connectivity index (χ0n) is 6.94. The fourth-order valence-electron chi connectivity index (χ4n) is 1.13. The number of carbonyl (C=O) groups is 1. The van der Waals surface area contributed by atoms with Crippen molar-refractivity contribution in [3.63, 3.8) is 0 Å². The first-order chi connectivity index (χ1) is 6.34. The van der Waals surface area contributed by atoms with Gasteiger partial charge in [0.2, 0.25) is 5.12 Å². The minimum atomic E-state index is 0.113. The second kappa shape index (κ2) is 3.62. The third kappa shape index (κ3) is 2.10. The second-order valence-electron chi connectivity index (χ2n) is 2.71. The molecule has 0 bridgehead atoms. The molecule has 1 nitrogen and oxygen atoms in total. The Labute approximate surface area is 81.2 Å². The van der Waals surface area contributed by atoms with Crippen molar-refractivity contribution in [2.45, 2.75) is 0 Å². The minimum Gasteiger partial charge on any atom is -0.282 e. The highest BCUT2D eigenvalue weighted by atomic mass is 32.2. The molecule has 0 saturated heterocycles. The number of thioether (sulfide) groups is 1. The van der Waals surface area contributed by atoms with E-state index in [1.165, 1.54) is 11.8 Å². The smallest absolute Gasteiger partial charge is 0.216 e. The molecule has 13 heavy (non-hydrogen) atoms. The van der Waals surface area contributed by atoms with Crippen molar-refractivity contribution in [3.05, 3.63) is 53.0 Å². The molecule has 1 aliphatic rings. The lowest BCUT2D eigenvalue weighted by Crippen LogP contribution is -1.74. The SMILES string of the molecule is O=C1C=C/C(=C/c2ccccc2)S1. The lowest BCUT2D eigenvalue weighted by atomic mass is 10.2. The largest absolute Gasteiger partial charge is 0.282 e. The molecule has 0 radical (unpaired) electrons. The molecule has 0 atom stereocenters. The Bertz CT molecular complexity index is 376. The molecule has 1 aliphatic heterocycles. The van der Waals surface area contributed by atoms with Gasteiger partial charge in [-0.15, -0.1) is 0 Å². The van der Waals surface area contributed by atoms with E-state index in [0.717, 1.165) is 10.5 Å². The van der Waals surface area contributed by atoms with Crippen LogP contribution in [0.2, 0.25) is 0 Å². The third-order valence-electron chi connectivity index (χ3n) is 1.71. The normalized spacial score (nSPS) is 18.5. The molecular formula is C11H8OS. The first kappa shape index (κ1) is 8.32. The van der Waals surface area contributed by atoms with Crippen molar-refractivity contribution in [1.82, 2.24) is 0 Å². The summed E-state index contributed by atoms with van der Waals surface area (Å²) < 4.78 is 0. The molecule has 0 unspecified atom stereocenters. The summed E-state index contributed by atoms with van der Waals surface area (Å²) in [6.45, 7) is 0. The molecule has 64 valence electrons. The maximum atomic E-state index is 10.9. The van der Waals surface area contributed by atoms with Gasteiger partial charge in [0, 0.05) is 4.91 Å². The molecule has 2 rings (SSSR count). The Morgan fingerprint density at radius 1 is 1.08 bits per heavy atom. The van der Waals surface area contributed by atoms with Gasteiger partial charge in [-0.3, -0.25) is 4.79 Å². The monoisotopic (exact) mass is 188 g/mol. The van der Waals surface area contributed by atoms with E-state index in [1.807, 2.05) is 42.5 Å². The van der Waals surface area contributed by atoms with Gasteiger partial charge < -0.3 is 0 Å². The number of hydrogen-bond acceptors (Lipinski definition) is 2. The van der Waals surface area contributed by atoms with Crippen LogP contribution in [0.15, 0.2) is 47.4 Å². The molecule has 0 spiro atoms. The van der Waals surface area contributed by atoms with Crippen LogP contribution in [0.1, 0.15) is 5.56 Å². The molecule has 1 aromatic rings. The average molecular weight is 188 g/mol. The predicted octanol–water partition coefficient (Wildman–Crippen LogP) is 2.86. The van der Waals surface area contributed by atoms with E-state index < -0.39 is 0 Å². The van der Waals surface area contributed by atoms with Crippen molar-refractivity contribution in [2.24, 2.45) is 0 Å². The van der Waals surface area contributed by atoms with Crippen molar-refractivity contribution in [1.29, 1.82) is 0 Å². The molecule has 0 amide bonds. The minimum absolute atomic E-state index is 0.113. The maximum absolute atomic E-state index is 10.9. The average Bonchev–Trinajstić information content (AvgIpc) is 2.53. The Morgan fingerprint density at radius 2 is 1.85 bits per heavy atom. The van der Waals surface area contributed by atoms with Crippen molar-refractivity contribution >= 4 is 23.0 Å². The van der Waals surface area contributed by atoms with E-state index in [2.05, 4.69) is 0 Å². The highest BCUT2D eigenvalue weighted by Crippen LogP contribution is 2.27. The number of hydrogen-bond donors (Lipinski definition) is 0. The Balaban J connectivity index is 2.23. The lowest BCUT2D eigenvalue weighted by molar-refractivity contribution is -0.106. The lowest BCUT2D eigenvalue weighted by Gasteiger charge is -1.93. The Hall–Kier alpha value is -1.28. The highest BCUT2D eigenvalue weighted by Gasteiger charge is 2.08. The summed E-state index contributed by atoms with van der Waals surface area (Å²) >= 11 is 1.27. The Morgan fingerprint density at radius 3 is 2.46 bits per heavy atom. The zero-order chi connectivity index (χ0) is 9.10. The van der Waals surface area contributed by atoms with Crippen LogP contribution in [-0.4, -0.2) is 5.12 Å². The van der Waals surface area contributed by atoms with Crippen LogP contribution < -0.4 is 0 Å². The van der Waals surface area contributed by atoms with Gasteiger partial charge in [0.25, 0.3) is 0 Å². The van der Waals surface area contributed by atoms with Crippen molar-refractivity contribution in [3.8, 4) is 0 Å². The molecule has 0 aromatic heterocycles. The summed E-state index contributed by atoms with van der Waals surface area (Å²) in [6, 6.07) is 9.98. The summed E-state index contributed by atoms with van der Waals surface area (Å²) in [6.07, 6.45) is 5.45. The van der Waals surface area contributed by atoms with E-state index in [-0.39, 0.29) is 5.12 Å². The summed E-state index contributed by atoms with van der Waals surface area (Å²) in [5.41, 5.74) is 1.13. The quantitative estimate of drug-likeness (QED) is 0.674. The number of carbonyl (C=O) groups excluding carboxylic acids is 1. The van der Waals surface area contributed by atoms with Gasteiger partial charge in [0.05, 0.1) is 0 Å². The Kier molecular flexibility index (Phi) is 2.32. The van der Waals surface area contributed by atoms with Gasteiger partial charge in [-0.2, -0.15) is 0 Å². The van der Waals surface area contributed by atoms with E-state index >= 15 is 0 Å². The third-order valence-corrected chi connectivity index (χ3v) is 2.54. The van der Waals surface area contributed by atoms with Crippen LogP contribution in [0.25, 0.3) is 6.08 Å². The molecule has 0 fully saturated rings. The van der Waals surface area contributed by atoms with Gasteiger partial charge >= 0.3 is 0 Å². The van der Waals surface area contributed by atoms with Crippen LogP contribution in [0.5, 0.6) is 0 Å². The predicted molar refractivity (Wildman–Crippen MR) is 56.2 cm³/mol. The summed E-state index contributed by atoms with van der Waals surface area (Å²) in [4.78, 5) is 11.9. The summed E-state index contributed by atoms with van der Waals surface area (Å²) in [5, 5.41) is 0.113. The van der Waals surface area contributed by atoms with Gasteiger partial charge in [-0.05, 0) is 35.6 Å². The van der Waals surface area contributed by atoms with Gasteiger partial charge in [0.1, 0.15) is 0 Å². The number of benzene rings is 1. The van der Waals surface area contributed by atoms with Crippen LogP contribution in [0.3, 0.4) is 0 Å². The first-order valence-electron chi connectivity index (χ1n) is 4.01. The van der Waals surface area contributed by atoms with Gasteiger partial charge in [-0.1, -0.05) is 30.3 Å².